The SMILES string of the molecule is N#CCNC(=O)C(CC1CCCCC1)NC(=O)c1cccc(F)c1. The summed E-state index contributed by atoms with van der Waals surface area (Å²) in [5.41, 5.74) is 0.178. The Kier molecular flexibility index (Phi) is 6.74. The summed E-state index contributed by atoms with van der Waals surface area (Å²) in [6.45, 7) is -0.101. The summed E-state index contributed by atoms with van der Waals surface area (Å²) in [6, 6.07) is 6.50. The molecule has 0 aromatic heterocycles. The molecule has 2 amide bonds. The molecule has 0 aliphatic heterocycles. The zero-order valence-electron chi connectivity index (χ0n) is 13.6. The van der Waals surface area contributed by atoms with Crippen LogP contribution in [-0.2, 0) is 4.79 Å². The fraction of sp³-hybridized carbons (Fsp3) is 0.500. The van der Waals surface area contributed by atoms with Crippen molar-refractivity contribution in [2.45, 2.75) is 44.6 Å². The minimum atomic E-state index is -0.711. The van der Waals surface area contributed by atoms with Gasteiger partial charge in [0.2, 0.25) is 5.91 Å². The highest BCUT2D eigenvalue weighted by Gasteiger charge is 2.26. The van der Waals surface area contributed by atoms with Gasteiger partial charge in [0.25, 0.3) is 5.91 Å². The van der Waals surface area contributed by atoms with Crippen LogP contribution in [0.1, 0.15) is 48.9 Å². The van der Waals surface area contributed by atoms with Gasteiger partial charge in [-0.25, -0.2) is 4.39 Å². The van der Waals surface area contributed by atoms with E-state index in [1.54, 1.807) is 0 Å². The van der Waals surface area contributed by atoms with E-state index in [1.807, 2.05) is 6.07 Å². The second-order valence-corrected chi connectivity index (χ2v) is 6.15. The van der Waals surface area contributed by atoms with Crippen LogP contribution in [0, 0.1) is 23.1 Å². The molecule has 0 bridgehead atoms. The summed E-state index contributed by atoms with van der Waals surface area (Å²) in [5, 5.41) is 13.8. The summed E-state index contributed by atoms with van der Waals surface area (Å²) in [5.74, 6) is -0.973. The molecule has 0 saturated heterocycles. The number of nitrogens with zero attached hydrogens (tertiary/aromatic N) is 1. The van der Waals surface area contributed by atoms with Crippen molar-refractivity contribution in [3.8, 4) is 6.07 Å². The summed E-state index contributed by atoms with van der Waals surface area (Å²) < 4.78 is 13.3. The van der Waals surface area contributed by atoms with Gasteiger partial charge < -0.3 is 10.6 Å². The topological polar surface area (TPSA) is 82.0 Å². The van der Waals surface area contributed by atoms with Crippen molar-refractivity contribution in [1.82, 2.24) is 10.6 Å². The first-order chi connectivity index (χ1) is 11.6. The van der Waals surface area contributed by atoms with Gasteiger partial charge in [-0.05, 0) is 30.5 Å². The third-order valence-corrected chi connectivity index (χ3v) is 4.34. The molecule has 5 nitrogen and oxygen atoms in total. The van der Waals surface area contributed by atoms with Crippen molar-refractivity contribution in [2.75, 3.05) is 6.54 Å². The van der Waals surface area contributed by atoms with Gasteiger partial charge in [-0.2, -0.15) is 5.26 Å². The normalized spacial score (nSPS) is 16.0. The molecule has 2 N–H and O–H groups in total. The van der Waals surface area contributed by atoms with Crippen molar-refractivity contribution in [3.05, 3.63) is 35.6 Å². The largest absolute Gasteiger partial charge is 0.341 e. The van der Waals surface area contributed by atoms with Gasteiger partial charge in [-0.3, -0.25) is 9.59 Å². The lowest BCUT2D eigenvalue weighted by Gasteiger charge is -2.26. The molecule has 0 radical (unpaired) electrons. The number of nitrogens with one attached hydrogen (secondary N) is 2. The van der Waals surface area contributed by atoms with E-state index in [2.05, 4.69) is 10.6 Å². The van der Waals surface area contributed by atoms with E-state index in [9.17, 15) is 14.0 Å². The molecule has 2 rings (SSSR count). The van der Waals surface area contributed by atoms with Crippen LogP contribution in [0.3, 0.4) is 0 Å². The number of amides is 2. The van der Waals surface area contributed by atoms with Crippen LogP contribution in [0.2, 0.25) is 0 Å². The number of carbonyl (C=O) groups excluding carboxylic acids is 2. The van der Waals surface area contributed by atoms with Crippen molar-refractivity contribution in [2.24, 2.45) is 5.92 Å². The van der Waals surface area contributed by atoms with E-state index in [4.69, 9.17) is 5.26 Å². The number of hydrogen-bond donors (Lipinski definition) is 2. The highest BCUT2D eigenvalue weighted by atomic mass is 19.1. The van der Waals surface area contributed by atoms with Gasteiger partial charge in [0, 0.05) is 5.56 Å². The molecule has 6 heteroatoms. The number of carbonyl (C=O) groups is 2. The summed E-state index contributed by atoms with van der Waals surface area (Å²) >= 11 is 0. The average Bonchev–Trinajstić information content (AvgIpc) is 2.60. The maximum atomic E-state index is 13.3. The lowest BCUT2D eigenvalue weighted by Crippen LogP contribution is -2.48. The van der Waals surface area contributed by atoms with Gasteiger partial charge in [0.15, 0.2) is 0 Å². The van der Waals surface area contributed by atoms with Crippen LogP contribution in [-0.4, -0.2) is 24.4 Å². The quantitative estimate of drug-likeness (QED) is 0.786. The minimum Gasteiger partial charge on any atom is -0.341 e. The van der Waals surface area contributed by atoms with E-state index in [1.165, 1.54) is 24.6 Å². The number of hydrogen-bond acceptors (Lipinski definition) is 3. The Bertz CT molecular complexity index is 621. The average molecular weight is 331 g/mol. The molecular formula is C18H22FN3O2. The highest BCUT2D eigenvalue weighted by molar-refractivity contribution is 5.97. The Morgan fingerprint density at radius 1 is 1.29 bits per heavy atom. The first-order valence-electron chi connectivity index (χ1n) is 8.31. The monoisotopic (exact) mass is 331 g/mol. The molecule has 0 heterocycles. The second-order valence-electron chi connectivity index (χ2n) is 6.15. The molecule has 1 aromatic carbocycles. The number of halogens is 1. The maximum absolute atomic E-state index is 13.3. The standard InChI is InChI=1S/C18H22FN3O2/c19-15-8-4-7-14(12-15)17(23)22-16(18(24)21-10-9-20)11-13-5-2-1-3-6-13/h4,7-8,12-13,16H,1-3,5-6,10-11H2,(H,21,24)(H,22,23). The number of benzene rings is 1. The molecule has 1 fully saturated rings. The first-order valence-corrected chi connectivity index (χ1v) is 8.31. The van der Waals surface area contributed by atoms with Crippen molar-refractivity contribution < 1.29 is 14.0 Å². The van der Waals surface area contributed by atoms with E-state index >= 15 is 0 Å². The van der Waals surface area contributed by atoms with Crippen LogP contribution in [0.4, 0.5) is 4.39 Å². The van der Waals surface area contributed by atoms with Crippen LogP contribution in [0.15, 0.2) is 24.3 Å². The lowest BCUT2D eigenvalue weighted by molar-refractivity contribution is -0.123. The van der Waals surface area contributed by atoms with Gasteiger partial charge >= 0.3 is 0 Å². The predicted octanol–water partition coefficient (Wildman–Crippen LogP) is 2.53. The van der Waals surface area contributed by atoms with E-state index in [0.717, 1.165) is 31.7 Å². The maximum Gasteiger partial charge on any atom is 0.252 e. The summed E-state index contributed by atoms with van der Waals surface area (Å²) in [4.78, 5) is 24.6. The van der Waals surface area contributed by atoms with Crippen LogP contribution in [0.25, 0.3) is 0 Å². The van der Waals surface area contributed by atoms with E-state index in [-0.39, 0.29) is 18.0 Å². The molecule has 128 valence electrons. The van der Waals surface area contributed by atoms with Crippen molar-refractivity contribution in [1.29, 1.82) is 5.26 Å². The minimum absolute atomic E-state index is 0.101. The molecular weight excluding hydrogens is 309 g/mol. The molecule has 24 heavy (non-hydrogen) atoms. The van der Waals surface area contributed by atoms with Crippen molar-refractivity contribution >= 4 is 11.8 Å². The zero-order valence-corrected chi connectivity index (χ0v) is 13.6. The molecule has 1 atom stereocenters. The van der Waals surface area contributed by atoms with E-state index in [0.29, 0.717) is 12.3 Å². The molecule has 1 aliphatic carbocycles. The highest BCUT2D eigenvalue weighted by Crippen LogP contribution is 2.27. The molecule has 0 spiro atoms. The Morgan fingerprint density at radius 3 is 2.71 bits per heavy atom. The van der Waals surface area contributed by atoms with Gasteiger partial charge in [0.05, 0.1) is 6.07 Å². The summed E-state index contributed by atoms with van der Waals surface area (Å²) in [6.07, 6.45) is 6.09. The Labute approximate surface area is 141 Å². The van der Waals surface area contributed by atoms with E-state index < -0.39 is 17.8 Å². The third kappa shape index (κ3) is 5.34. The van der Waals surface area contributed by atoms with Gasteiger partial charge in [-0.1, -0.05) is 38.2 Å². The van der Waals surface area contributed by atoms with Gasteiger partial charge in [0.1, 0.15) is 18.4 Å². The number of rotatable bonds is 6. The third-order valence-electron chi connectivity index (χ3n) is 4.34. The fourth-order valence-corrected chi connectivity index (χ4v) is 3.11. The van der Waals surface area contributed by atoms with Crippen LogP contribution in [0.5, 0.6) is 0 Å². The number of nitriles is 1. The van der Waals surface area contributed by atoms with Crippen LogP contribution >= 0.6 is 0 Å². The van der Waals surface area contributed by atoms with Crippen LogP contribution < -0.4 is 10.6 Å². The Hall–Kier alpha value is -2.42. The molecule has 1 saturated carbocycles. The van der Waals surface area contributed by atoms with Crippen molar-refractivity contribution in [3.63, 3.8) is 0 Å². The Morgan fingerprint density at radius 2 is 2.04 bits per heavy atom. The molecule has 1 aromatic rings. The smallest absolute Gasteiger partial charge is 0.252 e. The predicted molar refractivity (Wildman–Crippen MR) is 87.5 cm³/mol. The zero-order chi connectivity index (χ0) is 17.4. The lowest BCUT2D eigenvalue weighted by atomic mass is 9.84. The second kappa shape index (κ2) is 9.02. The van der Waals surface area contributed by atoms with Gasteiger partial charge in [-0.15, -0.1) is 0 Å². The Balaban J connectivity index is 2.04. The fourth-order valence-electron chi connectivity index (χ4n) is 3.11. The molecule has 1 unspecified atom stereocenters. The molecule has 1 aliphatic rings. The summed E-state index contributed by atoms with van der Waals surface area (Å²) in [7, 11) is 0. The first kappa shape index (κ1) is 17.9.